The van der Waals surface area contributed by atoms with Gasteiger partial charge in [-0.1, -0.05) is 37.2 Å². The third kappa shape index (κ3) is 5.67. The Morgan fingerprint density at radius 2 is 2.00 bits per heavy atom. The molecule has 0 aliphatic heterocycles. The summed E-state index contributed by atoms with van der Waals surface area (Å²) < 4.78 is 11.0. The van der Waals surface area contributed by atoms with Crippen molar-refractivity contribution in [3.8, 4) is 5.75 Å². The standard InChI is InChI=1S/C18H27N3O2/c1-5-22-16-9-7-6-8-15(16)12-21(4)13-18-19-17(20-23-18)11-10-14(2)3/h6-9,14H,5,10-13H2,1-4H3. The van der Waals surface area contributed by atoms with E-state index in [9.17, 15) is 0 Å². The average Bonchev–Trinajstić information content (AvgIpc) is 2.95. The van der Waals surface area contributed by atoms with Gasteiger partial charge >= 0.3 is 0 Å². The van der Waals surface area contributed by atoms with Crippen molar-refractivity contribution in [2.75, 3.05) is 13.7 Å². The lowest BCUT2D eigenvalue weighted by molar-refractivity contribution is 0.254. The number of nitrogens with zero attached hydrogens (tertiary/aromatic N) is 3. The Labute approximate surface area is 138 Å². The molecule has 0 unspecified atom stereocenters. The third-order valence-corrected chi connectivity index (χ3v) is 3.57. The molecule has 0 radical (unpaired) electrons. The van der Waals surface area contributed by atoms with Gasteiger partial charge in [-0.3, -0.25) is 4.90 Å². The maximum absolute atomic E-state index is 5.67. The summed E-state index contributed by atoms with van der Waals surface area (Å²) in [6, 6.07) is 8.11. The minimum Gasteiger partial charge on any atom is -0.494 e. The highest BCUT2D eigenvalue weighted by atomic mass is 16.5. The van der Waals surface area contributed by atoms with Crippen LogP contribution in [0.1, 0.15) is 44.5 Å². The minimum absolute atomic E-state index is 0.634. The summed E-state index contributed by atoms with van der Waals surface area (Å²) in [6.45, 7) is 8.48. The highest BCUT2D eigenvalue weighted by molar-refractivity contribution is 5.33. The molecule has 2 rings (SSSR count). The summed E-state index contributed by atoms with van der Waals surface area (Å²) in [5.41, 5.74) is 1.16. The van der Waals surface area contributed by atoms with Crippen molar-refractivity contribution in [1.82, 2.24) is 15.0 Å². The van der Waals surface area contributed by atoms with E-state index in [0.717, 1.165) is 36.5 Å². The fourth-order valence-electron chi connectivity index (χ4n) is 2.38. The highest BCUT2D eigenvalue weighted by Crippen LogP contribution is 2.20. The molecule has 1 aromatic heterocycles. The molecule has 0 fully saturated rings. The molecular weight excluding hydrogens is 290 g/mol. The van der Waals surface area contributed by atoms with Gasteiger partial charge in [0.05, 0.1) is 13.2 Å². The second kappa shape index (κ2) is 8.67. The van der Waals surface area contributed by atoms with Crippen LogP contribution >= 0.6 is 0 Å². The molecule has 0 amide bonds. The molecule has 0 aliphatic rings. The summed E-state index contributed by atoms with van der Waals surface area (Å²) in [4.78, 5) is 6.62. The van der Waals surface area contributed by atoms with Crippen LogP contribution in [-0.2, 0) is 19.5 Å². The largest absolute Gasteiger partial charge is 0.494 e. The van der Waals surface area contributed by atoms with E-state index in [0.29, 0.717) is 25.0 Å². The Balaban J connectivity index is 1.91. The van der Waals surface area contributed by atoms with E-state index in [1.807, 2.05) is 32.2 Å². The Morgan fingerprint density at radius 3 is 2.74 bits per heavy atom. The van der Waals surface area contributed by atoms with Gasteiger partial charge in [0, 0.05) is 18.5 Å². The Morgan fingerprint density at radius 1 is 1.22 bits per heavy atom. The zero-order chi connectivity index (χ0) is 16.7. The fraction of sp³-hybridized carbons (Fsp3) is 0.556. The number of hydrogen-bond acceptors (Lipinski definition) is 5. The lowest BCUT2D eigenvalue weighted by atomic mass is 10.1. The van der Waals surface area contributed by atoms with E-state index >= 15 is 0 Å². The van der Waals surface area contributed by atoms with Crippen molar-refractivity contribution in [3.05, 3.63) is 41.5 Å². The molecule has 0 aliphatic carbocycles. The van der Waals surface area contributed by atoms with E-state index in [4.69, 9.17) is 9.26 Å². The van der Waals surface area contributed by atoms with Crippen LogP contribution in [0.5, 0.6) is 5.75 Å². The van der Waals surface area contributed by atoms with Crippen molar-refractivity contribution in [2.45, 2.75) is 46.7 Å². The molecular formula is C18H27N3O2. The smallest absolute Gasteiger partial charge is 0.240 e. The van der Waals surface area contributed by atoms with Crippen molar-refractivity contribution < 1.29 is 9.26 Å². The van der Waals surface area contributed by atoms with Crippen molar-refractivity contribution in [3.63, 3.8) is 0 Å². The van der Waals surface area contributed by atoms with Gasteiger partial charge < -0.3 is 9.26 Å². The zero-order valence-corrected chi connectivity index (χ0v) is 14.6. The van der Waals surface area contributed by atoms with Crippen molar-refractivity contribution >= 4 is 0 Å². The van der Waals surface area contributed by atoms with Crippen LogP contribution in [0.25, 0.3) is 0 Å². The molecule has 23 heavy (non-hydrogen) atoms. The molecule has 5 heteroatoms. The zero-order valence-electron chi connectivity index (χ0n) is 14.6. The number of hydrogen-bond donors (Lipinski definition) is 0. The van der Waals surface area contributed by atoms with Gasteiger partial charge in [0.1, 0.15) is 5.75 Å². The molecule has 1 aromatic carbocycles. The summed E-state index contributed by atoms with van der Waals surface area (Å²) >= 11 is 0. The Kier molecular flexibility index (Phi) is 6.59. The van der Waals surface area contributed by atoms with E-state index < -0.39 is 0 Å². The number of para-hydroxylation sites is 1. The molecule has 5 nitrogen and oxygen atoms in total. The van der Waals surface area contributed by atoms with Crippen LogP contribution in [0.4, 0.5) is 0 Å². The molecule has 0 atom stereocenters. The van der Waals surface area contributed by atoms with Crippen LogP contribution in [0.15, 0.2) is 28.8 Å². The van der Waals surface area contributed by atoms with Gasteiger partial charge in [-0.25, -0.2) is 0 Å². The average molecular weight is 317 g/mol. The van der Waals surface area contributed by atoms with Crippen molar-refractivity contribution in [1.29, 1.82) is 0 Å². The van der Waals surface area contributed by atoms with Gasteiger partial charge in [-0.2, -0.15) is 4.98 Å². The number of ether oxygens (including phenoxy) is 1. The maximum atomic E-state index is 5.67. The molecule has 0 N–H and O–H groups in total. The minimum atomic E-state index is 0.634. The van der Waals surface area contributed by atoms with Gasteiger partial charge in [-0.15, -0.1) is 0 Å². The summed E-state index contributed by atoms with van der Waals surface area (Å²) in [5.74, 6) is 3.05. The Bertz CT molecular complexity index is 595. The molecule has 0 saturated heterocycles. The first-order valence-electron chi connectivity index (χ1n) is 8.29. The number of aromatic nitrogens is 2. The fourth-order valence-corrected chi connectivity index (χ4v) is 2.38. The lowest BCUT2D eigenvalue weighted by Gasteiger charge is -2.16. The lowest BCUT2D eigenvalue weighted by Crippen LogP contribution is -2.18. The highest BCUT2D eigenvalue weighted by Gasteiger charge is 2.12. The van der Waals surface area contributed by atoms with Crippen LogP contribution < -0.4 is 4.74 Å². The molecule has 2 aromatic rings. The predicted molar refractivity (Wildman–Crippen MR) is 90.2 cm³/mol. The Hall–Kier alpha value is -1.88. The van der Waals surface area contributed by atoms with Crippen LogP contribution in [-0.4, -0.2) is 28.7 Å². The van der Waals surface area contributed by atoms with Crippen LogP contribution in [0, 0.1) is 5.92 Å². The van der Waals surface area contributed by atoms with E-state index in [1.54, 1.807) is 0 Å². The predicted octanol–water partition coefficient (Wildman–Crippen LogP) is 3.69. The first-order chi connectivity index (χ1) is 11.1. The molecule has 0 spiro atoms. The van der Waals surface area contributed by atoms with E-state index in [-0.39, 0.29) is 0 Å². The first-order valence-corrected chi connectivity index (χ1v) is 8.29. The molecule has 0 saturated carbocycles. The third-order valence-electron chi connectivity index (χ3n) is 3.57. The first kappa shape index (κ1) is 17.5. The van der Waals surface area contributed by atoms with E-state index in [2.05, 4.69) is 35.0 Å². The summed E-state index contributed by atoms with van der Waals surface area (Å²) in [5, 5.41) is 4.06. The quantitative estimate of drug-likeness (QED) is 0.706. The van der Waals surface area contributed by atoms with Crippen LogP contribution in [0.2, 0.25) is 0 Å². The summed E-state index contributed by atoms with van der Waals surface area (Å²) in [7, 11) is 2.04. The number of aryl methyl sites for hydroxylation is 1. The van der Waals surface area contributed by atoms with Crippen LogP contribution in [0.3, 0.4) is 0 Å². The molecule has 0 bridgehead atoms. The molecule has 1 heterocycles. The van der Waals surface area contributed by atoms with Gasteiger partial charge in [-0.05, 0) is 32.4 Å². The second-order valence-electron chi connectivity index (χ2n) is 6.25. The summed E-state index contributed by atoms with van der Waals surface area (Å²) in [6.07, 6.45) is 1.95. The monoisotopic (exact) mass is 317 g/mol. The normalized spacial score (nSPS) is 11.4. The topological polar surface area (TPSA) is 51.4 Å². The van der Waals surface area contributed by atoms with E-state index in [1.165, 1.54) is 0 Å². The van der Waals surface area contributed by atoms with Gasteiger partial charge in [0.25, 0.3) is 0 Å². The van der Waals surface area contributed by atoms with Crippen molar-refractivity contribution in [2.24, 2.45) is 5.92 Å². The SMILES string of the molecule is CCOc1ccccc1CN(C)Cc1nc(CCC(C)C)no1. The number of benzene rings is 1. The second-order valence-corrected chi connectivity index (χ2v) is 6.25. The maximum Gasteiger partial charge on any atom is 0.240 e. The van der Waals surface area contributed by atoms with Gasteiger partial charge in [0.2, 0.25) is 5.89 Å². The molecule has 126 valence electrons. The van der Waals surface area contributed by atoms with Gasteiger partial charge in [0.15, 0.2) is 5.82 Å². The number of rotatable bonds is 9.